The molecule has 2 aromatic carbocycles. The Hall–Kier alpha value is -1.48. The number of anilines is 1. The van der Waals surface area contributed by atoms with Gasteiger partial charge in [0, 0.05) is 16.7 Å². The van der Waals surface area contributed by atoms with Gasteiger partial charge in [0.05, 0.1) is 7.11 Å². The monoisotopic (exact) mass is 291 g/mol. The fourth-order valence-corrected chi connectivity index (χ4v) is 1.97. The quantitative estimate of drug-likeness (QED) is 0.917. The third-order valence-electron chi connectivity index (χ3n) is 2.52. The van der Waals surface area contributed by atoms with Crippen LogP contribution in [0.2, 0.25) is 0 Å². The summed E-state index contributed by atoms with van der Waals surface area (Å²) >= 11 is 3.51. The summed E-state index contributed by atoms with van der Waals surface area (Å²) in [5.74, 6) is 0.884. The Bertz CT molecular complexity index is 482. The largest absolute Gasteiger partial charge is 0.497 e. The molecule has 0 radical (unpaired) electrons. The third-order valence-corrected chi connectivity index (χ3v) is 3.21. The Balaban J connectivity index is 2.00. The van der Waals surface area contributed by atoms with Gasteiger partial charge in [0.15, 0.2) is 0 Å². The van der Waals surface area contributed by atoms with E-state index >= 15 is 0 Å². The Labute approximate surface area is 110 Å². The van der Waals surface area contributed by atoms with E-state index in [0.29, 0.717) is 0 Å². The fraction of sp³-hybridized carbons (Fsp3) is 0.143. The average Bonchev–Trinajstić information content (AvgIpc) is 2.38. The van der Waals surface area contributed by atoms with Gasteiger partial charge in [-0.05, 0) is 45.8 Å². The zero-order valence-corrected chi connectivity index (χ0v) is 11.2. The van der Waals surface area contributed by atoms with E-state index in [1.807, 2.05) is 36.4 Å². The minimum atomic E-state index is 0.798. The number of benzene rings is 2. The van der Waals surface area contributed by atoms with Gasteiger partial charge in [-0.2, -0.15) is 0 Å². The molecule has 88 valence electrons. The van der Waals surface area contributed by atoms with Crippen molar-refractivity contribution >= 4 is 21.6 Å². The van der Waals surface area contributed by atoms with Crippen molar-refractivity contribution in [3.05, 3.63) is 58.6 Å². The molecule has 0 aromatic heterocycles. The first-order valence-corrected chi connectivity index (χ1v) is 6.20. The Kier molecular flexibility index (Phi) is 4.04. The van der Waals surface area contributed by atoms with Crippen molar-refractivity contribution in [2.75, 3.05) is 12.4 Å². The molecule has 0 heterocycles. The number of ether oxygens (including phenoxy) is 1. The predicted molar refractivity (Wildman–Crippen MR) is 74.5 cm³/mol. The molecule has 0 aliphatic carbocycles. The summed E-state index contributed by atoms with van der Waals surface area (Å²) in [6.07, 6.45) is 0. The molecule has 2 rings (SSSR count). The van der Waals surface area contributed by atoms with Crippen molar-refractivity contribution in [3.63, 3.8) is 0 Å². The van der Waals surface area contributed by atoms with Gasteiger partial charge in [-0.1, -0.05) is 24.3 Å². The van der Waals surface area contributed by atoms with Crippen LogP contribution in [0.1, 0.15) is 5.56 Å². The van der Waals surface area contributed by atoms with Crippen molar-refractivity contribution in [1.29, 1.82) is 0 Å². The van der Waals surface area contributed by atoms with E-state index in [1.165, 1.54) is 5.56 Å². The number of halogens is 1. The second kappa shape index (κ2) is 5.73. The van der Waals surface area contributed by atoms with Crippen LogP contribution in [0.3, 0.4) is 0 Å². The van der Waals surface area contributed by atoms with E-state index in [0.717, 1.165) is 22.5 Å². The van der Waals surface area contributed by atoms with Crippen LogP contribution in [-0.4, -0.2) is 7.11 Å². The third kappa shape index (κ3) is 3.24. The first-order valence-electron chi connectivity index (χ1n) is 5.41. The highest BCUT2D eigenvalue weighted by Gasteiger charge is 1.98. The molecule has 0 saturated heterocycles. The molecule has 17 heavy (non-hydrogen) atoms. The molecule has 0 spiro atoms. The summed E-state index contributed by atoms with van der Waals surface area (Å²) in [6.45, 7) is 0.798. The highest BCUT2D eigenvalue weighted by atomic mass is 79.9. The van der Waals surface area contributed by atoms with Crippen LogP contribution < -0.4 is 10.1 Å². The normalized spacial score (nSPS) is 10.0. The van der Waals surface area contributed by atoms with E-state index in [2.05, 4.69) is 33.4 Å². The van der Waals surface area contributed by atoms with Crippen molar-refractivity contribution in [2.24, 2.45) is 0 Å². The molecule has 0 bridgehead atoms. The number of para-hydroxylation sites is 1. The van der Waals surface area contributed by atoms with Crippen molar-refractivity contribution in [3.8, 4) is 5.75 Å². The summed E-state index contributed by atoms with van der Waals surface area (Å²) in [4.78, 5) is 0. The van der Waals surface area contributed by atoms with Gasteiger partial charge in [0.1, 0.15) is 5.75 Å². The highest BCUT2D eigenvalue weighted by molar-refractivity contribution is 9.10. The lowest BCUT2D eigenvalue weighted by Gasteiger charge is -2.08. The zero-order chi connectivity index (χ0) is 12.1. The van der Waals surface area contributed by atoms with Crippen molar-refractivity contribution in [1.82, 2.24) is 0 Å². The zero-order valence-electron chi connectivity index (χ0n) is 9.61. The van der Waals surface area contributed by atoms with Gasteiger partial charge in [0.2, 0.25) is 0 Å². The second-order valence-electron chi connectivity index (χ2n) is 3.68. The van der Waals surface area contributed by atoms with Gasteiger partial charge in [-0.3, -0.25) is 0 Å². The lowest BCUT2D eigenvalue weighted by Crippen LogP contribution is -1.99. The van der Waals surface area contributed by atoms with Crippen LogP contribution in [0.4, 0.5) is 5.69 Å². The van der Waals surface area contributed by atoms with E-state index in [4.69, 9.17) is 4.74 Å². The van der Waals surface area contributed by atoms with Gasteiger partial charge >= 0.3 is 0 Å². The van der Waals surface area contributed by atoms with Crippen LogP contribution >= 0.6 is 15.9 Å². The first kappa shape index (κ1) is 12.0. The Morgan fingerprint density at radius 2 is 1.76 bits per heavy atom. The molecule has 0 unspecified atom stereocenters. The Morgan fingerprint density at radius 1 is 1.06 bits per heavy atom. The van der Waals surface area contributed by atoms with Gasteiger partial charge in [0.25, 0.3) is 0 Å². The highest BCUT2D eigenvalue weighted by Crippen LogP contribution is 2.22. The first-order chi connectivity index (χ1) is 8.29. The van der Waals surface area contributed by atoms with E-state index in [1.54, 1.807) is 7.11 Å². The maximum atomic E-state index is 5.12. The van der Waals surface area contributed by atoms with Crippen LogP contribution in [0, 0.1) is 0 Å². The summed E-state index contributed by atoms with van der Waals surface area (Å²) in [5, 5.41) is 3.38. The van der Waals surface area contributed by atoms with Crippen molar-refractivity contribution in [2.45, 2.75) is 6.54 Å². The summed E-state index contributed by atoms with van der Waals surface area (Å²) in [5.41, 5.74) is 2.32. The van der Waals surface area contributed by atoms with E-state index in [9.17, 15) is 0 Å². The molecule has 3 heteroatoms. The van der Waals surface area contributed by atoms with Crippen LogP contribution in [-0.2, 0) is 6.54 Å². The van der Waals surface area contributed by atoms with Gasteiger partial charge in [-0.15, -0.1) is 0 Å². The number of rotatable bonds is 4. The summed E-state index contributed by atoms with van der Waals surface area (Å²) in [7, 11) is 1.67. The lowest BCUT2D eigenvalue weighted by molar-refractivity contribution is 0.414. The number of nitrogens with one attached hydrogen (secondary N) is 1. The average molecular weight is 292 g/mol. The lowest BCUT2D eigenvalue weighted by atomic mass is 10.2. The van der Waals surface area contributed by atoms with Crippen LogP contribution in [0.15, 0.2) is 53.0 Å². The van der Waals surface area contributed by atoms with E-state index in [-0.39, 0.29) is 0 Å². The molecule has 0 aliphatic rings. The topological polar surface area (TPSA) is 21.3 Å². The maximum Gasteiger partial charge on any atom is 0.118 e. The number of hydrogen-bond donors (Lipinski definition) is 1. The second-order valence-corrected chi connectivity index (χ2v) is 4.54. The molecule has 0 aliphatic heterocycles. The smallest absolute Gasteiger partial charge is 0.118 e. The van der Waals surface area contributed by atoms with Gasteiger partial charge < -0.3 is 10.1 Å². The number of hydrogen-bond acceptors (Lipinski definition) is 2. The molecular formula is C14H14BrNO. The minimum absolute atomic E-state index is 0.798. The molecule has 1 N–H and O–H groups in total. The SMILES string of the molecule is COc1ccc(CNc2ccccc2Br)cc1. The van der Waals surface area contributed by atoms with Crippen LogP contribution in [0.25, 0.3) is 0 Å². The molecule has 0 fully saturated rings. The standard InChI is InChI=1S/C14H14BrNO/c1-17-12-8-6-11(7-9-12)10-16-14-5-3-2-4-13(14)15/h2-9,16H,10H2,1H3. The molecule has 0 saturated carbocycles. The number of methoxy groups -OCH3 is 1. The maximum absolute atomic E-state index is 5.12. The molecule has 2 nitrogen and oxygen atoms in total. The fourth-order valence-electron chi connectivity index (χ4n) is 1.55. The molecule has 0 atom stereocenters. The summed E-state index contributed by atoms with van der Waals surface area (Å²) in [6, 6.07) is 16.1. The van der Waals surface area contributed by atoms with E-state index < -0.39 is 0 Å². The van der Waals surface area contributed by atoms with Crippen molar-refractivity contribution < 1.29 is 4.74 Å². The van der Waals surface area contributed by atoms with Crippen LogP contribution in [0.5, 0.6) is 5.75 Å². The molecule has 0 amide bonds. The molecular weight excluding hydrogens is 278 g/mol. The Morgan fingerprint density at radius 3 is 2.41 bits per heavy atom. The summed E-state index contributed by atoms with van der Waals surface area (Å²) < 4.78 is 6.20. The van der Waals surface area contributed by atoms with Gasteiger partial charge in [-0.25, -0.2) is 0 Å². The predicted octanol–water partition coefficient (Wildman–Crippen LogP) is 4.07. The molecule has 2 aromatic rings. The minimum Gasteiger partial charge on any atom is -0.497 e.